The van der Waals surface area contributed by atoms with Crippen LogP contribution in [-0.4, -0.2) is 18.2 Å². The lowest BCUT2D eigenvalue weighted by Crippen LogP contribution is -2.38. The molecule has 18 heavy (non-hydrogen) atoms. The summed E-state index contributed by atoms with van der Waals surface area (Å²) < 4.78 is 5.71. The molecule has 0 bridgehead atoms. The van der Waals surface area contributed by atoms with Gasteiger partial charge in [-0.25, -0.2) is 0 Å². The van der Waals surface area contributed by atoms with Gasteiger partial charge in [0, 0.05) is 12.6 Å². The average molecular weight is 255 g/mol. The third kappa shape index (κ3) is 5.38. The Balaban J connectivity index is 2.60. The van der Waals surface area contributed by atoms with E-state index in [0.29, 0.717) is 11.8 Å². The van der Waals surface area contributed by atoms with E-state index < -0.39 is 5.97 Å². The molecule has 1 heterocycles. The molecule has 0 N–H and O–H groups in total. The summed E-state index contributed by atoms with van der Waals surface area (Å²) in [6, 6.07) is 0. The second-order valence-corrected chi connectivity index (χ2v) is 6.67. The zero-order valence-corrected chi connectivity index (χ0v) is 12.2. The minimum atomic E-state index is -0.909. The van der Waals surface area contributed by atoms with E-state index in [0.717, 1.165) is 32.3 Å². The van der Waals surface area contributed by atoms with Crippen LogP contribution < -0.4 is 5.11 Å². The minimum Gasteiger partial charge on any atom is -0.550 e. The van der Waals surface area contributed by atoms with E-state index in [2.05, 4.69) is 27.7 Å². The van der Waals surface area contributed by atoms with Crippen LogP contribution in [0.2, 0.25) is 0 Å². The van der Waals surface area contributed by atoms with E-state index in [4.69, 9.17) is 4.74 Å². The molecule has 1 saturated heterocycles. The summed E-state index contributed by atoms with van der Waals surface area (Å²) in [4.78, 5) is 10.9. The Labute approximate surface area is 111 Å². The Morgan fingerprint density at radius 1 is 1.39 bits per heavy atom. The molecule has 0 unspecified atom stereocenters. The predicted octanol–water partition coefficient (Wildman–Crippen LogP) is 2.38. The fourth-order valence-electron chi connectivity index (χ4n) is 2.95. The van der Waals surface area contributed by atoms with Crippen molar-refractivity contribution in [3.63, 3.8) is 0 Å². The van der Waals surface area contributed by atoms with Crippen molar-refractivity contribution >= 4 is 5.97 Å². The first kappa shape index (κ1) is 15.5. The molecule has 1 fully saturated rings. The minimum absolute atomic E-state index is 0.106. The number of carboxylic acids is 1. The van der Waals surface area contributed by atoms with E-state index in [1.54, 1.807) is 0 Å². The fraction of sp³-hybridized carbons (Fsp3) is 0.933. The van der Waals surface area contributed by atoms with E-state index in [1.165, 1.54) is 0 Å². The highest BCUT2D eigenvalue weighted by molar-refractivity contribution is 5.64. The lowest BCUT2D eigenvalue weighted by molar-refractivity contribution is -0.307. The molecular formula is C15H27O3-. The standard InChI is InChI=1S/C15H28O3/c1-11(2)5-6-12(9-14(16)17)13-7-8-18-15(3,4)10-13/h11-13H,5-10H2,1-4H3,(H,16,17)/p-1/t12-,13+/m0/s1. The van der Waals surface area contributed by atoms with Gasteiger partial charge in [-0.2, -0.15) is 0 Å². The van der Waals surface area contributed by atoms with Crippen LogP contribution in [0.5, 0.6) is 0 Å². The molecule has 0 amide bonds. The summed E-state index contributed by atoms with van der Waals surface area (Å²) in [7, 11) is 0. The second kappa shape index (κ2) is 6.55. The van der Waals surface area contributed by atoms with Crippen LogP contribution in [-0.2, 0) is 9.53 Å². The smallest absolute Gasteiger partial charge is 0.0629 e. The predicted molar refractivity (Wildman–Crippen MR) is 69.9 cm³/mol. The van der Waals surface area contributed by atoms with Crippen LogP contribution in [0.1, 0.15) is 59.8 Å². The SMILES string of the molecule is CC(C)CC[C@@H](CC(=O)[O-])[C@@H]1CCOC(C)(C)C1. The van der Waals surface area contributed by atoms with Gasteiger partial charge in [0.05, 0.1) is 5.60 Å². The van der Waals surface area contributed by atoms with Gasteiger partial charge in [-0.15, -0.1) is 0 Å². The molecule has 3 heteroatoms. The molecule has 106 valence electrons. The van der Waals surface area contributed by atoms with Crippen molar-refractivity contribution < 1.29 is 14.6 Å². The third-order valence-electron chi connectivity index (χ3n) is 3.95. The summed E-state index contributed by atoms with van der Waals surface area (Å²) in [5, 5.41) is 10.9. The van der Waals surface area contributed by atoms with Gasteiger partial charge in [0.25, 0.3) is 0 Å². The average Bonchev–Trinajstić information content (AvgIpc) is 2.22. The molecule has 3 nitrogen and oxygen atoms in total. The zero-order valence-electron chi connectivity index (χ0n) is 12.2. The number of rotatable bonds is 6. The molecule has 0 aromatic heterocycles. The first-order chi connectivity index (χ1) is 8.30. The van der Waals surface area contributed by atoms with Crippen LogP contribution >= 0.6 is 0 Å². The quantitative estimate of drug-likeness (QED) is 0.732. The van der Waals surface area contributed by atoms with Crippen LogP contribution in [0.25, 0.3) is 0 Å². The van der Waals surface area contributed by atoms with Crippen molar-refractivity contribution in [1.82, 2.24) is 0 Å². The molecule has 0 saturated carbocycles. The van der Waals surface area contributed by atoms with Crippen LogP contribution in [0.15, 0.2) is 0 Å². The number of carbonyl (C=O) groups excluding carboxylic acids is 1. The van der Waals surface area contributed by atoms with Gasteiger partial charge in [0.2, 0.25) is 0 Å². The Bertz CT molecular complexity index is 271. The van der Waals surface area contributed by atoms with Crippen LogP contribution in [0.3, 0.4) is 0 Å². The van der Waals surface area contributed by atoms with Gasteiger partial charge in [0.1, 0.15) is 0 Å². The molecule has 2 atom stereocenters. The molecule has 0 radical (unpaired) electrons. The number of hydrogen-bond acceptors (Lipinski definition) is 3. The normalized spacial score (nSPS) is 25.1. The molecule has 0 aliphatic carbocycles. The number of aliphatic carboxylic acids is 1. The van der Waals surface area contributed by atoms with Crippen molar-refractivity contribution in [3.8, 4) is 0 Å². The largest absolute Gasteiger partial charge is 0.550 e. The van der Waals surface area contributed by atoms with Crippen molar-refractivity contribution in [2.24, 2.45) is 17.8 Å². The highest BCUT2D eigenvalue weighted by Crippen LogP contribution is 2.37. The fourth-order valence-corrected chi connectivity index (χ4v) is 2.95. The Morgan fingerprint density at radius 2 is 2.06 bits per heavy atom. The number of ether oxygens (including phenoxy) is 1. The first-order valence-electron chi connectivity index (χ1n) is 7.14. The number of carbonyl (C=O) groups is 1. The highest BCUT2D eigenvalue weighted by atomic mass is 16.5. The zero-order chi connectivity index (χ0) is 13.8. The second-order valence-electron chi connectivity index (χ2n) is 6.67. The van der Waals surface area contributed by atoms with E-state index in [9.17, 15) is 9.90 Å². The van der Waals surface area contributed by atoms with E-state index in [-0.39, 0.29) is 17.9 Å². The summed E-state index contributed by atoms with van der Waals surface area (Å²) in [5.74, 6) is 0.432. The molecule has 1 rings (SSSR count). The van der Waals surface area contributed by atoms with Crippen molar-refractivity contribution in [2.45, 2.75) is 65.4 Å². The highest BCUT2D eigenvalue weighted by Gasteiger charge is 2.33. The number of carboxylic acid groups (broad SMARTS) is 1. The maximum absolute atomic E-state index is 10.9. The van der Waals surface area contributed by atoms with Gasteiger partial charge < -0.3 is 14.6 Å². The van der Waals surface area contributed by atoms with E-state index in [1.807, 2.05) is 0 Å². The Hall–Kier alpha value is -0.570. The monoisotopic (exact) mass is 255 g/mol. The maximum atomic E-state index is 10.9. The van der Waals surface area contributed by atoms with Crippen molar-refractivity contribution in [3.05, 3.63) is 0 Å². The maximum Gasteiger partial charge on any atom is 0.0629 e. The topological polar surface area (TPSA) is 49.4 Å². The summed E-state index contributed by atoms with van der Waals surface area (Å²) >= 11 is 0. The Kier molecular flexibility index (Phi) is 5.64. The molecule has 0 aromatic rings. The molecule has 1 aliphatic heterocycles. The Morgan fingerprint density at radius 3 is 2.56 bits per heavy atom. The first-order valence-corrected chi connectivity index (χ1v) is 7.14. The van der Waals surface area contributed by atoms with E-state index >= 15 is 0 Å². The van der Waals surface area contributed by atoms with Crippen molar-refractivity contribution in [1.29, 1.82) is 0 Å². The molecule has 0 spiro atoms. The summed E-state index contributed by atoms with van der Waals surface area (Å²) in [5.41, 5.74) is -0.106. The number of hydrogen-bond donors (Lipinski definition) is 0. The summed E-state index contributed by atoms with van der Waals surface area (Å²) in [6.07, 6.45) is 4.23. The van der Waals surface area contributed by atoms with Gasteiger partial charge in [0.15, 0.2) is 0 Å². The van der Waals surface area contributed by atoms with Gasteiger partial charge in [-0.3, -0.25) is 0 Å². The lowest BCUT2D eigenvalue weighted by atomic mass is 9.76. The van der Waals surface area contributed by atoms with Gasteiger partial charge in [-0.1, -0.05) is 20.3 Å². The molecular weight excluding hydrogens is 228 g/mol. The van der Waals surface area contributed by atoms with Gasteiger partial charge in [-0.05, 0) is 57.3 Å². The summed E-state index contributed by atoms with van der Waals surface area (Å²) in [6.45, 7) is 9.31. The van der Waals surface area contributed by atoms with Crippen LogP contribution in [0.4, 0.5) is 0 Å². The van der Waals surface area contributed by atoms with Crippen molar-refractivity contribution in [2.75, 3.05) is 6.61 Å². The van der Waals surface area contributed by atoms with Gasteiger partial charge >= 0.3 is 0 Å². The van der Waals surface area contributed by atoms with Crippen LogP contribution in [0, 0.1) is 17.8 Å². The molecule has 1 aliphatic rings. The lowest BCUT2D eigenvalue weighted by Gasteiger charge is -2.39. The third-order valence-corrected chi connectivity index (χ3v) is 3.95. The molecule has 0 aromatic carbocycles.